The van der Waals surface area contributed by atoms with E-state index in [0.717, 1.165) is 10.6 Å². The number of aromatic nitrogens is 5. The van der Waals surface area contributed by atoms with Crippen LogP contribution in [0.25, 0.3) is 5.69 Å². The molecular weight excluding hydrogens is 396 g/mol. The molecule has 0 atom stereocenters. The average molecular weight is 411 g/mol. The summed E-state index contributed by atoms with van der Waals surface area (Å²) >= 11 is 7.34. The number of benzene rings is 2. The Morgan fingerprint density at radius 3 is 2.71 bits per heavy atom. The lowest BCUT2D eigenvalue weighted by atomic mass is 10.2. The maximum absolute atomic E-state index is 12.6. The molecule has 28 heavy (non-hydrogen) atoms. The van der Waals surface area contributed by atoms with Crippen molar-refractivity contribution >= 4 is 34.0 Å². The van der Waals surface area contributed by atoms with Crippen molar-refractivity contribution in [2.75, 3.05) is 5.32 Å². The van der Waals surface area contributed by atoms with Crippen LogP contribution in [0.4, 0.5) is 5.13 Å². The highest BCUT2D eigenvalue weighted by molar-refractivity contribution is 7.15. The SMILES string of the molecule is Cc1nn(-c2cccc(Cl)c2)nc1C(=O)Nc1nnc(Cc2ccccc2)s1. The van der Waals surface area contributed by atoms with Crippen LogP contribution in [0, 0.1) is 6.92 Å². The van der Waals surface area contributed by atoms with E-state index in [-0.39, 0.29) is 11.6 Å². The molecule has 4 rings (SSSR count). The first-order chi connectivity index (χ1) is 13.6. The van der Waals surface area contributed by atoms with Crippen LogP contribution in [0.15, 0.2) is 54.6 Å². The molecule has 0 aliphatic carbocycles. The third kappa shape index (κ3) is 4.08. The second-order valence-corrected chi connectivity index (χ2v) is 7.52. The molecule has 2 heterocycles. The van der Waals surface area contributed by atoms with Crippen LogP contribution in [-0.4, -0.2) is 31.1 Å². The molecule has 0 aliphatic rings. The number of aryl methyl sites for hydroxylation is 1. The molecule has 0 saturated heterocycles. The number of hydrogen-bond acceptors (Lipinski definition) is 6. The van der Waals surface area contributed by atoms with E-state index in [2.05, 4.69) is 25.7 Å². The molecular formula is C19H15ClN6OS. The first-order valence-corrected chi connectivity index (χ1v) is 9.65. The standard InChI is InChI=1S/C19H15ClN6OS/c1-12-17(25-26(24-12)15-9-5-8-14(20)11-15)18(27)21-19-23-22-16(28-19)10-13-6-3-2-4-7-13/h2-9,11H,10H2,1H3,(H,21,23,27). The largest absolute Gasteiger partial charge is 0.295 e. The zero-order chi connectivity index (χ0) is 19.5. The number of rotatable bonds is 5. The molecule has 9 heteroatoms. The number of halogens is 1. The molecule has 0 unspecified atom stereocenters. The summed E-state index contributed by atoms with van der Waals surface area (Å²) in [6.45, 7) is 1.73. The topological polar surface area (TPSA) is 85.6 Å². The molecule has 0 radical (unpaired) electrons. The lowest BCUT2D eigenvalue weighted by Crippen LogP contribution is -2.14. The van der Waals surface area contributed by atoms with Crippen molar-refractivity contribution in [3.05, 3.63) is 81.6 Å². The van der Waals surface area contributed by atoms with E-state index in [9.17, 15) is 4.79 Å². The van der Waals surface area contributed by atoms with Crippen molar-refractivity contribution < 1.29 is 4.79 Å². The molecule has 0 spiro atoms. The van der Waals surface area contributed by atoms with Gasteiger partial charge in [-0.1, -0.05) is 59.3 Å². The summed E-state index contributed by atoms with van der Waals surface area (Å²) in [5.41, 5.74) is 2.54. The fraction of sp³-hybridized carbons (Fsp3) is 0.105. The van der Waals surface area contributed by atoms with Crippen LogP contribution in [0.3, 0.4) is 0 Å². The quantitative estimate of drug-likeness (QED) is 0.538. The number of anilines is 1. The van der Waals surface area contributed by atoms with Gasteiger partial charge in [-0.3, -0.25) is 10.1 Å². The number of carbonyl (C=O) groups excluding carboxylic acids is 1. The number of nitrogens with one attached hydrogen (secondary N) is 1. The van der Waals surface area contributed by atoms with Gasteiger partial charge in [-0.05, 0) is 30.7 Å². The van der Waals surface area contributed by atoms with Gasteiger partial charge in [0.2, 0.25) is 5.13 Å². The Bertz CT molecular complexity index is 1120. The Morgan fingerprint density at radius 2 is 1.93 bits per heavy atom. The lowest BCUT2D eigenvalue weighted by Gasteiger charge is -1.99. The highest BCUT2D eigenvalue weighted by Gasteiger charge is 2.18. The first-order valence-electron chi connectivity index (χ1n) is 8.46. The van der Waals surface area contributed by atoms with Crippen LogP contribution >= 0.6 is 22.9 Å². The van der Waals surface area contributed by atoms with Crippen LogP contribution in [-0.2, 0) is 6.42 Å². The van der Waals surface area contributed by atoms with Gasteiger partial charge in [-0.2, -0.15) is 9.90 Å². The number of carbonyl (C=O) groups is 1. The molecule has 1 amide bonds. The van der Waals surface area contributed by atoms with E-state index in [1.807, 2.05) is 36.4 Å². The first kappa shape index (κ1) is 18.3. The molecule has 4 aromatic rings. The minimum Gasteiger partial charge on any atom is -0.295 e. The Balaban J connectivity index is 1.48. The van der Waals surface area contributed by atoms with Gasteiger partial charge in [-0.15, -0.1) is 15.3 Å². The van der Waals surface area contributed by atoms with E-state index >= 15 is 0 Å². The van der Waals surface area contributed by atoms with Crippen LogP contribution in [0.2, 0.25) is 5.02 Å². The lowest BCUT2D eigenvalue weighted by molar-refractivity contribution is 0.102. The highest BCUT2D eigenvalue weighted by atomic mass is 35.5. The minimum absolute atomic E-state index is 0.222. The third-order valence-electron chi connectivity index (χ3n) is 3.92. The van der Waals surface area contributed by atoms with Gasteiger partial charge >= 0.3 is 0 Å². The zero-order valence-corrected chi connectivity index (χ0v) is 16.4. The summed E-state index contributed by atoms with van der Waals surface area (Å²) in [6.07, 6.45) is 0.665. The van der Waals surface area contributed by atoms with E-state index < -0.39 is 0 Å². The van der Waals surface area contributed by atoms with E-state index in [1.54, 1.807) is 25.1 Å². The van der Waals surface area contributed by atoms with E-state index in [4.69, 9.17) is 11.6 Å². The Labute approximate surface area is 170 Å². The predicted octanol–water partition coefficient (Wildman–Crippen LogP) is 3.92. The fourth-order valence-electron chi connectivity index (χ4n) is 2.61. The van der Waals surface area contributed by atoms with E-state index in [0.29, 0.717) is 28.0 Å². The number of amides is 1. The number of nitrogens with zero attached hydrogens (tertiary/aromatic N) is 5. The molecule has 0 fully saturated rings. The maximum Gasteiger partial charge on any atom is 0.279 e. The van der Waals surface area contributed by atoms with Gasteiger partial charge in [0, 0.05) is 11.4 Å². The second-order valence-electron chi connectivity index (χ2n) is 6.02. The number of hydrogen-bond donors (Lipinski definition) is 1. The summed E-state index contributed by atoms with van der Waals surface area (Å²) < 4.78 is 0. The molecule has 0 aliphatic heterocycles. The van der Waals surface area contributed by atoms with Crippen molar-refractivity contribution in [2.24, 2.45) is 0 Å². The van der Waals surface area contributed by atoms with E-state index in [1.165, 1.54) is 16.1 Å². The molecule has 0 bridgehead atoms. The normalized spacial score (nSPS) is 10.8. The zero-order valence-electron chi connectivity index (χ0n) is 14.8. The predicted molar refractivity (Wildman–Crippen MR) is 108 cm³/mol. The monoisotopic (exact) mass is 410 g/mol. The maximum atomic E-state index is 12.6. The summed E-state index contributed by atoms with van der Waals surface area (Å²) in [5, 5.41) is 21.3. The molecule has 140 valence electrons. The smallest absolute Gasteiger partial charge is 0.279 e. The van der Waals surface area contributed by atoms with Crippen LogP contribution in [0.1, 0.15) is 26.8 Å². The van der Waals surface area contributed by atoms with Crippen LogP contribution in [0.5, 0.6) is 0 Å². The van der Waals surface area contributed by atoms with Gasteiger partial charge in [0.1, 0.15) is 5.01 Å². The van der Waals surface area contributed by atoms with Crippen molar-refractivity contribution in [3.63, 3.8) is 0 Å². The molecule has 2 aromatic carbocycles. The van der Waals surface area contributed by atoms with Crippen molar-refractivity contribution in [1.82, 2.24) is 25.2 Å². The summed E-state index contributed by atoms with van der Waals surface area (Å²) in [6, 6.07) is 17.1. The van der Waals surface area contributed by atoms with Gasteiger partial charge in [-0.25, -0.2) is 0 Å². The van der Waals surface area contributed by atoms with Gasteiger partial charge in [0.15, 0.2) is 5.69 Å². The third-order valence-corrected chi connectivity index (χ3v) is 5.00. The summed E-state index contributed by atoms with van der Waals surface area (Å²) in [5.74, 6) is -0.381. The molecule has 1 N–H and O–H groups in total. The summed E-state index contributed by atoms with van der Waals surface area (Å²) in [4.78, 5) is 14.0. The van der Waals surface area contributed by atoms with Gasteiger partial charge in [0.25, 0.3) is 5.91 Å². The van der Waals surface area contributed by atoms with Gasteiger partial charge in [0.05, 0.1) is 11.4 Å². The average Bonchev–Trinajstić information content (AvgIpc) is 3.29. The Hall–Kier alpha value is -3.10. The Kier molecular flexibility index (Phi) is 5.14. The Morgan fingerprint density at radius 1 is 1.11 bits per heavy atom. The van der Waals surface area contributed by atoms with Gasteiger partial charge < -0.3 is 0 Å². The van der Waals surface area contributed by atoms with Crippen molar-refractivity contribution in [3.8, 4) is 5.69 Å². The minimum atomic E-state index is -0.381. The van der Waals surface area contributed by atoms with Crippen molar-refractivity contribution in [1.29, 1.82) is 0 Å². The van der Waals surface area contributed by atoms with Crippen LogP contribution < -0.4 is 5.32 Å². The highest BCUT2D eigenvalue weighted by Crippen LogP contribution is 2.20. The van der Waals surface area contributed by atoms with Crippen molar-refractivity contribution in [2.45, 2.75) is 13.3 Å². The second kappa shape index (κ2) is 7.87. The fourth-order valence-corrected chi connectivity index (χ4v) is 3.56. The molecule has 2 aromatic heterocycles. The molecule has 0 saturated carbocycles. The molecule has 7 nitrogen and oxygen atoms in total. The summed E-state index contributed by atoms with van der Waals surface area (Å²) in [7, 11) is 0.